The summed E-state index contributed by atoms with van der Waals surface area (Å²) in [6.45, 7) is 11.5. The van der Waals surface area contributed by atoms with E-state index in [4.69, 9.17) is 4.74 Å². The third kappa shape index (κ3) is 2.88. The third-order valence-corrected chi connectivity index (χ3v) is 7.49. The zero-order valence-corrected chi connectivity index (χ0v) is 17.5. The maximum atomic E-state index is 12.6. The lowest BCUT2D eigenvalue weighted by atomic mass is 9.50. The van der Waals surface area contributed by atoms with Crippen molar-refractivity contribution in [2.75, 3.05) is 13.2 Å². The number of fused-ring (bicyclic) bond motifs is 4. The molecule has 0 saturated carbocycles. The van der Waals surface area contributed by atoms with E-state index >= 15 is 0 Å². The fourth-order valence-electron chi connectivity index (χ4n) is 5.46. The molecule has 1 unspecified atom stereocenters. The molecule has 1 fully saturated rings. The molecule has 2 aromatic carbocycles. The molecule has 0 spiro atoms. The Labute approximate surface area is 168 Å². The predicted molar refractivity (Wildman–Crippen MR) is 112 cm³/mol. The molecule has 4 rings (SSSR count). The highest BCUT2D eigenvalue weighted by Gasteiger charge is 2.56. The van der Waals surface area contributed by atoms with Gasteiger partial charge in [-0.3, -0.25) is 4.90 Å². The first kappa shape index (κ1) is 19.2. The van der Waals surface area contributed by atoms with Gasteiger partial charge in [0, 0.05) is 18.0 Å². The van der Waals surface area contributed by atoms with Crippen LogP contribution in [0.25, 0.3) is 0 Å². The van der Waals surface area contributed by atoms with Crippen molar-refractivity contribution in [2.45, 2.75) is 58.5 Å². The van der Waals surface area contributed by atoms with E-state index in [1.54, 1.807) is 0 Å². The molecule has 28 heavy (non-hydrogen) atoms. The van der Waals surface area contributed by atoms with E-state index in [-0.39, 0.29) is 16.8 Å². The van der Waals surface area contributed by atoms with Gasteiger partial charge in [0.25, 0.3) is 0 Å². The summed E-state index contributed by atoms with van der Waals surface area (Å²) in [6.07, 6.45) is 2.00. The van der Waals surface area contributed by atoms with E-state index in [2.05, 4.69) is 62.1 Å². The smallest absolute Gasteiger partial charge is 0.338 e. The minimum absolute atomic E-state index is 0.0565. The number of likely N-dealkylation sites (tertiary alicyclic amines) is 1. The third-order valence-electron chi connectivity index (χ3n) is 7.49. The largest absolute Gasteiger partial charge is 0.462 e. The van der Waals surface area contributed by atoms with Crippen molar-refractivity contribution in [1.29, 1.82) is 0 Å². The van der Waals surface area contributed by atoms with Gasteiger partial charge in [-0.2, -0.15) is 0 Å². The summed E-state index contributed by atoms with van der Waals surface area (Å²) < 4.78 is 5.37. The molecular weight excluding hydrogens is 346 g/mol. The lowest BCUT2D eigenvalue weighted by Crippen LogP contribution is -2.63. The first-order chi connectivity index (χ1) is 13.4. The molecule has 0 N–H and O–H groups in total. The Hall–Kier alpha value is -2.13. The van der Waals surface area contributed by atoms with Crippen LogP contribution in [0.5, 0.6) is 0 Å². The van der Waals surface area contributed by atoms with Crippen molar-refractivity contribution in [2.24, 2.45) is 5.41 Å². The molecule has 1 aliphatic carbocycles. The molecule has 0 radical (unpaired) electrons. The first-order valence-electron chi connectivity index (χ1n) is 10.5. The highest BCUT2D eigenvalue weighted by Crippen LogP contribution is 2.56. The second-order valence-electron chi connectivity index (χ2n) is 9.03. The normalized spacial score (nSPS) is 25.8. The minimum Gasteiger partial charge on any atom is -0.462 e. The molecule has 1 aliphatic heterocycles. The zero-order chi connectivity index (χ0) is 19.9. The average molecular weight is 378 g/mol. The molecule has 148 valence electrons. The summed E-state index contributed by atoms with van der Waals surface area (Å²) in [4.78, 5) is 15.3. The fraction of sp³-hybridized carbons (Fsp3) is 0.480. The van der Waals surface area contributed by atoms with Crippen LogP contribution in [0, 0.1) is 5.41 Å². The standard InChI is InChI=1S/C25H31NO2/c1-5-28-23(27)19-12-9-13-21-20(19)16-22-24(2,3)25(21,4)14-15-26(22)17-18-10-7-6-8-11-18/h6-13,22H,5,14-17H2,1-4H3/t22-,25?/m1/s1. The Morgan fingerprint density at radius 2 is 1.86 bits per heavy atom. The Kier molecular flexibility index (Phi) is 4.83. The molecule has 2 atom stereocenters. The maximum absolute atomic E-state index is 12.6. The topological polar surface area (TPSA) is 29.5 Å². The lowest BCUT2D eigenvalue weighted by molar-refractivity contribution is -0.0424. The van der Waals surface area contributed by atoms with Gasteiger partial charge >= 0.3 is 5.97 Å². The first-order valence-corrected chi connectivity index (χ1v) is 10.5. The van der Waals surface area contributed by atoms with Crippen molar-refractivity contribution in [3.05, 3.63) is 70.8 Å². The van der Waals surface area contributed by atoms with Crippen molar-refractivity contribution in [3.8, 4) is 0 Å². The summed E-state index contributed by atoms with van der Waals surface area (Å²) in [5.74, 6) is -0.185. The highest BCUT2D eigenvalue weighted by molar-refractivity contribution is 5.91. The molecule has 2 bridgehead atoms. The van der Waals surface area contributed by atoms with Gasteiger partial charge in [0.05, 0.1) is 12.2 Å². The van der Waals surface area contributed by atoms with Gasteiger partial charge < -0.3 is 4.74 Å². The van der Waals surface area contributed by atoms with Crippen LogP contribution in [-0.4, -0.2) is 30.1 Å². The van der Waals surface area contributed by atoms with Crippen LogP contribution in [0.3, 0.4) is 0 Å². The number of ether oxygens (including phenoxy) is 1. The van der Waals surface area contributed by atoms with Crippen LogP contribution in [0.4, 0.5) is 0 Å². The molecular formula is C25H31NO2. The summed E-state index contributed by atoms with van der Waals surface area (Å²) in [5.41, 5.74) is 4.84. The molecule has 1 heterocycles. The second-order valence-corrected chi connectivity index (χ2v) is 9.03. The van der Waals surface area contributed by atoms with E-state index in [0.717, 1.165) is 31.5 Å². The molecule has 3 heteroatoms. The van der Waals surface area contributed by atoms with Crippen molar-refractivity contribution in [3.63, 3.8) is 0 Å². The monoisotopic (exact) mass is 377 g/mol. The van der Waals surface area contributed by atoms with Crippen LogP contribution in [0.2, 0.25) is 0 Å². The van der Waals surface area contributed by atoms with E-state index in [9.17, 15) is 4.79 Å². The number of hydrogen-bond acceptors (Lipinski definition) is 3. The molecule has 1 saturated heterocycles. The van der Waals surface area contributed by atoms with Gasteiger partial charge in [0.2, 0.25) is 0 Å². The van der Waals surface area contributed by atoms with Gasteiger partial charge in [0.1, 0.15) is 0 Å². The number of nitrogens with zero attached hydrogens (tertiary/aromatic N) is 1. The van der Waals surface area contributed by atoms with Crippen LogP contribution in [-0.2, 0) is 23.1 Å². The molecule has 0 amide bonds. The van der Waals surface area contributed by atoms with Crippen LogP contribution in [0.15, 0.2) is 48.5 Å². The summed E-state index contributed by atoms with van der Waals surface area (Å²) >= 11 is 0. The minimum atomic E-state index is -0.185. The highest BCUT2D eigenvalue weighted by atomic mass is 16.5. The number of rotatable bonds is 4. The number of carbonyl (C=O) groups excluding carboxylic acids is 1. The predicted octanol–water partition coefficient (Wildman–Crippen LogP) is 4.98. The summed E-state index contributed by atoms with van der Waals surface area (Å²) in [7, 11) is 0. The quantitative estimate of drug-likeness (QED) is 0.704. The second kappa shape index (κ2) is 7.04. The Bertz CT molecular complexity index is 873. The number of carbonyl (C=O) groups is 1. The Morgan fingerprint density at radius 1 is 1.11 bits per heavy atom. The number of hydrogen-bond donors (Lipinski definition) is 0. The van der Waals surface area contributed by atoms with Crippen LogP contribution >= 0.6 is 0 Å². The molecule has 2 aliphatic rings. The van der Waals surface area contributed by atoms with Crippen molar-refractivity contribution < 1.29 is 9.53 Å². The van der Waals surface area contributed by atoms with Crippen molar-refractivity contribution >= 4 is 5.97 Å². The SMILES string of the molecule is CCOC(=O)c1cccc2c1C[C@H]1N(Cc3ccccc3)CCC2(C)C1(C)C. The van der Waals surface area contributed by atoms with E-state index < -0.39 is 0 Å². The van der Waals surface area contributed by atoms with Gasteiger partial charge in [-0.1, -0.05) is 63.2 Å². The molecule has 3 nitrogen and oxygen atoms in total. The maximum Gasteiger partial charge on any atom is 0.338 e. The van der Waals surface area contributed by atoms with Crippen LogP contribution in [0.1, 0.15) is 61.2 Å². The number of piperidine rings is 1. The van der Waals surface area contributed by atoms with E-state index in [0.29, 0.717) is 12.6 Å². The van der Waals surface area contributed by atoms with Gasteiger partial charge in [-0.15, -0.1) is 0 Å². The fourth-order valence-corrected chi connectivity index (χ4v) is 5.46. The Morgan fingerprint density at radius 3 is 2.57 bits per heavy atom. The van der Waals surface area contributed by atoms with Gasteiger partial charge in [0.15, 0.2) is 0 Å². The van der Waals surface area contributed by atoms with Gasteiger partial charge in [-0.05, 0) is 54.5 Å². The number of benzene rings is 2. The zero-order valence-electron chi connectivity index (χ0n) is 17.5. The average Bonchev–Trinajstić information content (AvgIpc) is 2.67. The summed E-state index contributed by atoms with van der Waals surface area (Å²) in [5, 5.41) is 0. The summed E-state index contributed by atoms with van der Waals surface area (Å²) in [6, 6.07) is 17.3. The van der Waals surface area contributed by atoms with Gasteiger partial charge in [-0.25, -0.2) is 4.79 Å². The molecule has 0 aromatic heterocycles. The molecule has 2 aromatic rings. The van der Waals surface area contributed by atoms with Crippen molar-refractivity contribution in [1.82, 2.24) is 4.90 Å². The van der Waals surface area contributed by atoms with E-state index in [1.807, 2.05) is 19.1 Å². The number of esters is 1. The Balaban J connectivity index is 1.76. The van der Waals surface area contributed by atoms with Crippen LogP contribution < -0.4 is 0 Å². The van der Waals surface area contributed by atoms with E-state index in [1.165, 1.54) is 16.7 Å². The lowest BCUT2D eigenvalue weighted by Gasteiger charge is -2.61.